The van der Waals surface area contributed by atoms with E-state index in [1.807, 2.05) is 0 Å². The van der Waals surface area contributed by atoms with E-state index in [2.05, 4.69) is 0 Å². The van der Waals surface area contributed by atoms with Crippen LogP contribution in [0, 0.1) is 5.82 Å². The highest BCUT2D eigenvalue weighted by molar-refractivity contribution is 5.86. The molecule has 0 bridgehead atoms. The van der Waals surface area contributed by atoms with E-state index in [0.29, 0.717) is 24.9 Å². The molecule has 0 aromatic heterocycles. The quantitative estimate of drug-likeness (QED) is 0.857. The van der Waals surface area contributed by atoms with E-state index >= 15 is 0 Å². The van der Waals surface area contributed by atoms with Gasteiger partial charge in [-0.05, 0) is 39.1 Å². The van der Waals surface area contributed by atoms with E-state index in [9.17, 15) is 19.4 Å². The minimum Gasteiger partial charge on any atom is -0.507 e. The average Bonchev–Trinajstić information content (AvgIpc) is 3.03. The van der Waals surface area contributed by atoms with Crippen LogP contribution in [0.4, 0.5) is 4.39 Å². The number of hydrogen-bond acceptors (Lipinski definition) is 3. The van der Waals surface area contributed by atoms with Crippen LogP contribution in [0.3, 0.4) is 0 Å². The van der Waals surface area contributed by atoms with Gasteiger partial charge < -0.3 is 15.1 Å². The molecule has 5 heteroatoms. The molecule has 2 rings (SSSR count). The Labute approximate surface area is 105 Å². The summed E-state index contributed by atoms with van der Waals surface area (Å²) < 4.78 is 13.6. The van der Waals surface area contributed by atoms with Gasteiger partial charge in [-0.2, -0.15) is 0 Å². The lowest BCUT2D eigenvalue weighted by Crippen LogP contribution is -2.21. The van der Waals surface area contributed by atoms with Crippen LogP contribution >= 0.6 is 0 Å². The van der Waals surface area contributed by atoms with Gasteiger partial charge >= 0.3 is 5.97 Å². The Morgan fingerprint density at radius 3 is 2.50 bits per heavy atom. The molecule has 1 aliphatic carbocycles. The molecule has 0 aliphatic heterocycles. The SMILES string of the molecule is CN(C)Cc1cc(F)cc(C2(C(=O)O)CC2)c1O. The molecule has 1 saturated carbocycles. The number of halogens is 1. The van der Waals surface area contributed by atoms with E-state index in [0.717, 1.165) is 6.07 Å². The molecule has 1 aromatic rings. The summed E-state index contributed by atoms with van der Waals surface area (Å²) in [6, 6.07) is 2.38. The van der Waals surface area contributed by atoms with E-state index in [-0.39, 0.29) is 11.3 Å². The molecule has 1 aliphatic rings. The van der Waals surface area contributed by atoms with Gasteiger partial charge in [0.05, 0.1) is 5.41 Å². The van der Waals surface area contributed by atoms with Crippen molar-refractivity contribution in [3.8, 4) is 5.75 Å². The first kappa shape index (κ1) is 12.8. The third-order valence-electron chi connectivity index (χ3n) is 3.32. The Morgan fingerprint density at radius 2 is 2.06 bits per heavy atom. The molecule has 18 heavy (non-hydrogen) atoms. The first-order valence-electron chi connectivity index (χ1n) is 5.77. The van der Waals surface area contributed by atoms with Gasteiger partial charge in [0.25, 0.3) is 0 Å². The molecule has 0 saturated heterocycles. The molecule has 0 radical (unpaired) electrons. The standard InChI is InChI=1S/C13H16FNO3/c1-15(2)7-8-5-9(14)6-10(11(8)16)13(3-4-13)12(17)18/h5-6,16H,3-4,7H2,1-2H3,(H,17,18). The number of rotatable bonds is 4. The molecule has 0 spiro atoms. The summed E-state index contributed by atoms with van der Waals surface area (Å²) in [5, 5.41) is 19.3. The Bertz CT molecular complexity index is 495. The van der Waals surface area contributed by atoms with Crippen molar-refractivity contribution in [3.63, 3.8) is 0 Å². The molecule has 4 nitrogen and oxygen atoms in total. The summed E-state index contributed by atoms with van der Waals surface area (Å²) in [6.07, 6.45) is 0.890. The number of carboxylic acid groups (broad SMARTS) is 1. The molecule has 1 aromatic carbocycles. The first-order valence-corrected chi connectivity index (χ1v) is 5.77. The minimum atomic E-state index is -1.09. The van der Waals surface area contributed by atoms with Crippen molar-refractivity contribution >= 4 is 5.97 Å². The van der Waals surface area contributed by atoms with Gasteiger partial charge in [-0.3, -0.25) is 4.79 Å². The van der Waals surface area contributed by atoms with Crippen LogP contribution < -0.4 is 0 Å². The average molecular weight is 253 g/mol. The molecule has 0 atom stereocenters. The van der Waals surface area contributed by atoms with Gasteiger partial charge in [-0.25, -0.2) is 4.39 Å². The number of hydrogen-bond donors (Lipinski definition) is 2. The van der Waals surface area contributed by atoms with Crippen molar-refractivity contribution in [1.82, 2.24) is 4.90 Å². The molecule has 98 valence electrons. The zero-order valence-corrected chi connectivity index (χ0v) is 10.4. The third-order valence-corrected chi connectivity index (χ3v) is 3.32. The number of phenolic OH excluding ortho intramolecular Hbond substituents is 1. The maximum absolute atomic E-state index is 13.6. The highest BCUT2D eigenvalue weighted by Gasteiger charge is 2.53. The summed E-state index contributed by atoms with van der Waals surface area (Å²) in [4.78, 5) is 13.0. The molecule has 2 N–H and O–H groups in total. The maximum atomic E-state index is 13.6. The maximum Gasteiger partial charge on any atom is 0.314 e. The predicted octanol–water partition coefficient (Wildman–Crippen LogP) is 1.71. The molecular formula is C13H16FNO3. The van der Waals surface area contributed by atoms with Gasteiger partial charge in [0.1, 0.15) is 11.6 Å². The fourth-order valence-electron chi connectivity index (χ4n) is 2.21. The summed E-state index contributed by atoms with van der Waals surface area (Å²) in [5.41, 5.74) is -0.470. The predicted molar refractivity (Wildman–Crippen MR) is 64.0 cm³/mol. The van der Waals surface area contributed by atoms with Crippen molar-refractivity contribution < 1.29 is 19.4 Å². The van der Waals surface area contributed by atoms with E-state index in [4.69, 9.17) is 0 Å². The second-order valence-electron chi connectivity index (χ2n) is 5.09. The lowest BCUT2D eigenvalue weighted by molar-refractivity contribution is -0.140. The number of benzene rings is 1. The second-order valence-corrected chi connectivity index (χ2v) is 5.09. The minimum absolute atomic E-state index is 0.0926. The van der Waals surface area contributed by atoms with Crippen molar-refractivity contribution in [3.05, 3.63) is 29.1 Å². The van der Waals surface area contributed by atoms with Crippen LogP contribution in [-0.4, -0.2) is 35.2 Å². The zero-order valence-electron chi connectivity index (χ0n) is 10.4. The number of phenols is 1. The van der Waals surface area contributed by atoms with E-state index in [1.54, 1.807) is 19.0 Å². The van der Waals surface area contributed by atoms with Gasteiger partial charge in [0.15, 0.2) is 0 Å². The van der Waals surface area contributed by atoms with Gasteiger partial charge in [-0.15, -0.1) is 0 Å². The van der Waals surface area contributed by atoms with Crippen molar-refractivity contribution in [2.45, 2.75) is 24.8 Å². The van der Waals surface area contributed by atoms with Crippen LogP contribution in [0.25, 0.3) is 0 Å². The van der Waals surface area contributed by atoms with Crippen LogP contribution in [0.15, 0.2) is 12.1 Å². The van der Waals surface area contributed by atoms with Crippen molar-refractivity contribution in [2.75, 3.05) is 14.1 Å². The lowest BCUT2D eigenvalue weighted by Gasteiger charge is -2.17. The van der Waals surface area contributed by atoms with Crippen LogP contribution in [0.1, 0.15) is 24.0 Å². The summed E-state index contributed by atoms with van der Waals surface area (Å²) in [7, 11) is 3.60. The topological polar surface area (TPSA) is 60.8 Å². The molecular weight excluding hydrogens is 237 g/mol. The second kappa shape index (κ2) is 4.24. The number of carboxylic acids is 1. The van der Waals surface area contributed by atoms with E-state index in [1.165, 1.54) is 6.07 Å². The monoisotopic (exact) mass is 253 g/mol. The first-order chi connectivity index (χ1) is 8.36. The third kappa shape index (κ3) is 2.06. The van der Waals surface area contributed by atoms with E-state index < -0.39 is 17.2 Å². The number of aliphatic carboxylic acids is 1. The van der Waals surface area contributed by atoms with Crippen LogP contribution in [0.5, 0.6) is 5.75 Å². The molecule has 0 heterocycles. The Kier molecular flexibility index (Phi) is 3.02. The summed E-state index contributed by atoms with van der Waals surface area (Å²) in [5.74, 6) is -1.60. The Balaban J connectivity index is 2.49. The Morgan fingerprint density at radius 1 is 1.44 bits per heavy atom. The van der Waals surface area contributed by atoms with Gasteiger partial charge in [0.2, 0.25) is 0 Å². The van der Waals surface area contributed by atoms with Crippen molar-refractivity contribution in [2.24, 2.45) is 0 Å². The lowest BCUT2D eigenvalue weighted by atomic mass is 9.92. The van der Waals surface area contributed by atoms with Crippen LogP contribution in [0.2, 0.25) is 0 Å². The zero-order chi connectivity index (χ0) is 13.5. The number of carbonyl (C=O) groups is 1. The fourth-order valence-corrected chi connectivity index (χ4v) is 2.21. The number of aromatic hydroxyl groups is 1. The number of nitrogens with zero attached hydrogens (tertiary/aromatic N) is 1. The van der Waals surface area contributed by atoms with Gasteiger partial charge in [-0.1, -0.05) is 0 Å². The van der Waals surface area contributed by atoms with Crippen molar-refractivity contribution in [1.29, 1.82) is 0 Å². The van der Waals surface area contributed by atoms with Crippen LogP contribution in [-0.2, 0) is 16.8 Å². The largest absolute Gasteiger partial charge is 0.507 e. The fraction of sp³-hybridized carbons (Fsp3) is 0.462. The summed E-state index contributed by atoms with van der Waals surface area (Å²) in [6.45, 7) is 0.367. The highest BCUT2D eigenvalue weighted by Crippen LogP contribution is 2.52. The van der Waals surface area contributed by atoms with Gasteiger partial charge in [0, 0.05) is 17.7 Å². The molecule has 0 unspecified atom stereocenters. The molecule has 0 amide bonds. The highest BCUT2D eigenvalue weighted by atomic mass is 19.1. The Hall–Kier alpha value is -1.62. The normalized spacial score (nSPS) is 16.9. The smallest absolute Gasteiger partial charge is 0.314 e. The molecule has 1 fully saturated rings. The summed E-state index contributed by atoms with van der Waals surface area (Å²) >= 11 is 0.